The predicted molar refractivity (Wildman–Crippen MR) is 61.8 cm³/mol. The lowest BCUT2D eigenvalue weighted by Gasteiger charge is -2.29. The Morgan fingerprint density at radius 1 is 1.43 bits per heavy atom. The van der Waals surface area contributed by atoms with Crippen molar-refractivity contribution >= 4 is 21.7 Å². The molecule has 1 fully saturated rings. The topological polar surface area (TPSA) is 28.2 Å². The number of pyridine rings is 1. The molecule has 4 heteroatoms. The molecular weight excluding hydrogens is 242 g/mol. The highest BCUT2D eigenvalue weighted by atomic mass is 79.9. The van der Waals surface area contributed by atoms with E-state index >= 15 is 0 Å². The first kappa shape index (κ1) is 9.93. The average Bonchev–Trinajstić information content (AvgIpc) is 2.19. The fraction of sp³-hybridized carbons (Fsp3) is 0.500. The Bertz CT molecular complexity index is 321. The third-order valence-electron chi connectivity index (χ3n) is 2.38. The highest BCUT2D eigenvalue weighted by Crippen LogP contribution is 2.24. The average molecular weight is 256 g/mol. The van der Waals surface area contributed by atoms with Crippen LogP contribution in [0.25, 0.3) is 0 Å². The van der Waals surface area contributed by atoms with Crippen LogP contribution in [0.4, 0.5) is 5.82 Å². The number of rotatable bonds is 1. The van der Waals surface area contributed by atoms with Gasteiger partial charge in [0.05, 0.1) is 4.47 Å². The molecule has 2 heterocycles. The van der Waals surface area contributed by atoms with Crippen LogP contribution in [0, 0.1) is 6.92 Å². The summed E-state index contributed by atoms with van der Waals surface area (Å²) in [5.41, 5.74) is 1.19. The minimum atomic E-state index is 1.04. The molecule has 0 aliphatic carbocycles. The van der Waals surface area contributed by atoms with Crippen molar-refractivity contribution in [3.05, 3.63) is 22.3 Å². The van der Waals surface area contributed by atoms with Gasteiger partial charge >= 0.3 is 0 Å². The first-order valence-corrected chi connectivity index (χ1v) is 5.64. The summed E-state index contributed by atoms with van der Waals surface area (Å²) in [5, 5.41) is 3.33. The van der Waals surface area contributed by atoms with E-state index in [2.05, 4.69) is 44.1 Å². The van der Waals surface area contributed by atoms with Gasteiger partial charge in [-0.3, -0.25) is 0 Å². The minimum Gasteiger partial charge on any atom is -0.353 e. The summed E-state index contributed by atoms with van der Waals surface area (Å²) in [4.78, 5) is 6.76. The van der Waals surface area contributed by atoms with E-state index < -0.39 is 0 Å². The molecule has 0 radical (unpaired) electrons. The van der Waals surface area contributed by atoms with Crippen LogP contribution < -0.4 is 10.2 Å². The number of nitrogens with one attached hydrogen (secondary N) is 1. The van der Waals surface area contributed by atoms with Crippen LogP contribution in [0.5, 0.6) is 0 Å². The molecule has 1 N–H and O–H groups in total. The second kappa shape index (κ2) is 4.28. The van der Waals surface area contributed by atoms with E-state index in [4.69, 9.17) is 0 Å². The molecule has 1 aromatic heterocycles. The van der Waals surface area contributed by atoms with Gasteiger partial charge in [0.1, 0.15) is 5.82 Å². The maximum absolute atomic E-state index is 4.45. The zero-order valence-corrected chi connectivity index (χ0v) is 9.84. The second-order valence-corrected chi connectivity index (χ2v) is 4.41. The number of halogens is 1. The summed E-state index contributed by atoms with van der Waals surface area (Å²) in [5.74, 6) is 1.07. The van der Waals surface area contributed by atoms with Crippen molar-refractivity contribution in [2.24, 2.45) is 0 Å². The highest BCUT2D eigenvalue weighted by Gasteiger charge is 2.13. The van der Waals surface area contributed by atoms with Crippen LogP contribution in [0.1, 0.15) is 5.56 Å². The maximum atomic E-state index is 4.45. The van der Waals surface area contributed by atoms with Crippen molar-refractivity contribution in [3.63, 3.8) is 0 Å². The highest BCUT2D eigenvalue weighted by molar-refractivity contribution is 9.10. The van der Waals surface area contributed by atoms with Crippen molar-refractivity contribution in [1.82, 2.24) is 10.3 Å². The minimum absolute atomic E-state index is 1.04. The summed E-state index contributed by atoms with van der Waals surface area (Å²) < 4.78 is 1.10. The van der Waals surface area contributed by atoms with E-state index in [-0.39, 0.29) is 0 Å². The molecule has 1 saturated heterocycles. The molecule has 0 saturated carbocycles. The summed E-state index contributed by atoms with van der Waals surface area (Å²) in [6, 6.07) is 2.12. The summed E-state index contributed by atoms with van der Waals surface area (Å²) in [7, 11) is 0. The van der Waals surface area contributed by atoms with Gasteiger partial charge in [0.15, 0.2) is 0 Å². The number of hydrogen-bond acceptors (Lipinski definition) is 3. The van der Waals surface area contributed by atoms with Crippen LogP contribution in [0.3, 0.4) is 0 Å². The number of aryl methyl sites for hydroxylation is 1. The number of piperazine rings is 1. The maximum Gasteiger partial charge on any atom is 0.142 e. The van der Waals surface area contributed by atoms with Crippen LogP contribution in [0.2, 0.25) is 0 Å². The molecule has 1 aliphatic heterocycles. The molecule has 3 nitrogen and oxygen atoms in total. The first-order chi connectivity index (χ1) is 6.77. The Labute approximate surface area is 92.6 Å². The zero-order chi connectivity index (χ0) is 9.97. The largest absolute Gasteiger partial charge is 0.353 e. The van der Waals surface area contributed by atoms with Crippen LogP contribution >= 0.6 is 15.9 Å². The van der Waals surface area contributed by atoms with Gasteiger partial charge in [0, 0.05) is 32.4 Å². The van der Waals surface area contributed by atoms with Gasteiger partial charge < -0.3 is 10.2 Å². The number of nitrogens with zero attached hydrogens (tertiary/aromatic N) is 2. The Kier molecular flexibility index (Phi) is 3.03. The molecule has 1 aromatic rings. The molecular formula is C10H14BrN3. The number of hydrogen-bond donors (Lipinski definition) is 1. The van der Waals surface area contributed by atoms with Gasteiger partial charge in [-0.25, -0.2) is 4.98 Å². The molecule has 0 amide bonds. The molecule has 0 atom stereocenters. The van der Waals surface area contributed by atoms with E-state index in [0.717, 1.165) is 36.5 Å². The van der Waals surface area contributed by atoms with Crippen LogP contribution in [-0.4, -0.2) is 31.2 Å². The lowest BCUT2D eigenvalue weighted by atomic mass is 10.3. The molecule has 1 aliphatic rings. The molecule has 0 unspecified atom stereocenters. The van der Waals surface area contributed by atoms with Crippen molar-refractivity contribution in [2.75, 3.05) is 31.1 Å². The molecule has 76 valence electrons. The second-order valence-electron chi connectivity index (χ2n) is 3.56. The van der Waals surface area contributed by atoms with Gasteiger partial charge in [0.25, 0.3) is 0 Å². The lowest BCUT2D eigenvalue weighted by Crippen LogP contribution is -2.44. The lowest BCUT2D eigenvalue weighted by molar-refractivity contribution is 0.584. The summed E-state index contributed by atoms with van der Waals surface area (Å²) in [6.45, 7) is 6.21. The van der Waals surface area contributed by atoms with Gasteiger partial charge in [-0.1, -0.05) is 0 Å². The Balaban J connectivity index is 2.22. The van der Waals surface area contributed by atoms with Crippen molar-refractivity contribution < 1.29 is 0 Å². The van der Waals surface area contributed by atoms with Gasteiger partial charge in [-0.15, -0.1) is 0 Å². The monoisotopic (exact) mass is 255 g/mol. The van der Waals surface area contributed by atoms with Gasteiger partial charge in [-0.05, 0) is 34.5 Å². The smallest absolute Gasteiger partial charge is 0.142 e. The fourth-order valence-electron chi connectivity index (χ4n) is 1.64. The Hall–Kier alpha value is -0.610. The van der Waals surface area contributed by atoms with Crippen LogP contribution in [-0.2, 0) is 0 Å². The molecule has 0 spiro atoms. The van der Waals surface area contributed by atoms with E-state index in [1.165, 1.54) is 5.56 Å². The van der Waals surface area contributed by atoms with E-state index in [0.29, 0.717) is 0 Å². The Morgan fingerprint density at radius 2 is 2.14 bits per heavy atom. The van der Waals surface area contributed by atoms with E-state index in [1.807, 2.05) is 6.20 Å². The third kappa shape index (κ3) is 2.07. The summed E-state index contributed by atoms with van der Waals surface area (Å²) in [6.07, 6.45) is 1.92. The summed E-state index contributed by atoms with van der Waals surface area (Å²) >= 11 is 3.56. The zero-order valence-electron chi connectivity index (χ0n) is 8.26. The normalized spacial score (nSPS) is 17.1. The van der Waals surface area contributed by atoms with E-state index in [9.17, 15) is 0 Å². The van der Waals surface area contributed by atoms with Crippen LogP contribution in [0.15, 0.2) is 16.7 Å². The van der Waals surface area contributed by atoms with Crippen molar-refractivity contribution in [2.45, 2.75) is 6.92 Å². The van der Waals surface area contributed by atoms with Crippen molar-refractivity contribution in [1.29, 1.82) is 0 Å². The Morgan fingerprint density at radius 3 is 2.79 bits per heavy atom. The standard InChI is InChI=1S/C10H14BrN3/c1-8-6-9(11)10(13-7-8)14-4-2-12-3-5-14/h6-7,12H,2-5H2,1H3. The fourth-order valence-corrected chi connectivity index (χ4v) is 2.35. The third-order valence-corrected chi connectivity index (χ3v) is 2.96. The number of anilines is 1. The number of aromatic nitrogens is 1. The SMILES string of the molecule is Cc1cnc(N2CCNCC2)c(Br)c1. The molecule has 2 rings (SSSR count). The van der Waals surface area contributed by atoms with Crippen molar-refractivity contribution in [3.8, 4) is 0 Å². The molecule has 14 heavy (non-hydrogen) atoms. The predicted octanol–water partition coefficient (Wildman–Crippen LogP) is 1.56. The first-order valence-electron chi connectivity index (χ1n) is 4.85. The quantitative estimate of drug-likeness (QED) is 0.826. The van der Waals surface area contributed by atoms with E-state index in [1.54, 1.807) is 0 Å². The molecule has 0 bridgehead atoms. The van der Waals surface area contributed by atoms with Gasteiger partial charge in [-0.2, -0.15) is 0 Å². The molecule has 0 aromatic carbocycles. The van der Waals surface area contributed by atoms with Gasteiger partial charge in [0.2, 0.25) is 0 Å².